The van der Waals surface area contributed by atoms with Crippen LogP contribution in [-0.2, 0) is 4.79 Å². The van der Waals surface area contributed by atoms with Crippen LogP contribution in [0.3, 0.4) is 0 Å². The Kier molecular flexibility index (Phi) is 3.00. The van der Waals surface area contributed by atoms with E-state index in [1.807, 2.05) is 25.1 Å². The second-order valence-corrected chi connectivity index (χ2v) is 3.57. The SMILES string of the molecule is Cc1ccc(-n2cncn2)c(/C=C/C(=O)O)c1. The highest BCUT2D eigenvalue weighted by Crippen LogP contribution is 2.16. The summed E-state index contributed by atoms with van der Waals surface area (Å²) in [6, 6.07) is 5.72. The molecule has 1 heterocycles. The summed E-state index contributed by atoms with van der Waals surface area (Å²) in [7, 11) is 0. The Hall–Kier alpha value is -2.43. The van der Waals surface area contributed by atoms with E-state index in [-0.39, 0.29) is 0 Å². The number of aryl methyl sites for hydroxylation is 1. The lowest BCUT2D eigenvalue weighted by Gasteiger charge is -2.06. The van der Waals surface area contributed by atoms with Crippen molar-refractivity contribution in [1.82, 2.24) is 14.8 Å². The standard InChI is InChI=1S/C12H11N3O2/c1-9-2-4-11(15-8-13-7-14-15)10(6-9)3-5-12(16)17/h2-8H,1H3,(H,16,17)/b5-3+. The third-order valence-corrected chi connectivity index (χ3v) is 2.25. The van der Waals surface area contributed by atoms with Gasteiger partial charge in [0.25, 0.3) is 0 Å². The van der Waals surface area contributed by atoms with Crippen molar-refractivity contribution in [2.45, 2.75) is 6.92 Å². The first kappa shape index (κ1) is 11.1. The highest BCUT2D eigenvalue weighted by molar-refractivity contribution is 5.86. The van der Waals surface area contributed by atoms with Gasteiger partial charge >= 0.3 is 5.97 Å². The number of nitrogens with zero attached hydrogens (tertiary/aromatic N) is 3. The van der Waals surface area contributed by atoms with E-state index in [0.717, 1.165) is 22.9 Å². The van der Waals surface area contributed by atoms with E-state index in [2.05, 4.69) is 10.1 Å². The van der Waals surface area contributed by atoms with Crippen LogP contribution in [0.1, 0.15) is 11.1 Å². The Balaban J connectivity index is 2.48. The van der Waals surface area contributed by atoms with Crippen molar-refractivity contribution in [1.29, 1.82) is 0 Å². The normalized spacial score (nSPS) is 10.9. The van der Waals surface area contributed by atoms with Gasteiger partial charge in [-0.15, -0.1) is 0 Å². The molecule has 0 aliphatic carbocycles. The van der Waals surface area contributed by atoms with Crippen LogP contribution in [-0.4, -0.2) is 25.8 Å². The summed E-state index contributed by atoms with van der Waals surface area (Å²) in [6.45, 7) is 1.95. The molecule has 1 aromatic carbocycles. The molecule has 0 spiro atoms. The smallest absolute Gasteiger partial charge is 0.328 e. The Bertz CT molecular complexity index is 559. The van der Waals surface area contributed by atoms with Crippen LogP contribution in [0.2, 0.25) is 0 Å². The van der Waals surface area contributed by atoms with Gasteiger partial charge in [0, 0.05) is 11.6 Å². The fourth-order valence-corrected chi connectivity index (χ4v) is 1.51. The van der Waals surface area contributed by atoms with Crippen LogP contribution in [0.15, 0.2) is 36.9 Å². The lowest BCUT2D eigenvalue weighted by Crippen LogP contribution is -1.98. The molecule has 0 aliphatic heterocycles. The number of aromatic nitrogens is 3. The maximum Gasteiger partial charge on any atom is 0.328 e. The van der Waals surface area contributed by atoms with Gasteiger partial charge < -0.3 is 5.11 Å². The van der Waals surface area contributed by atoms with Crippen LogP contribution >= 0.6 is 0 Å². The Labute approximate surface area is 98.0 Å². The molecule has 1 N–H and O–H groups in total. The minimum Gasteiger partial charge on any atom is -0.478 e. The first-order valence-corrected chi connectivity index (χ1v) is 5.03. The molecule has 0 atom stereocenters. The number of hydrogen-bond acceptors (Lipinski definition) is 3. The summed E-state index contributed by atoms with van der Waals surface area (Å²) in [5.74, 6) is -0.976. The van der Waals surface area contributed by atoms with Gasteiger partial charge in [0.1, 0.15) is 12.7 Å². The molecule has 0 amide bonds. The fourth-order valence-electron chi connectivity index (χ4n) is 1.51. The minimum atomic E-state index is -0.976. The molecule has 1 aromatic heterocycles. The molecular weight excluding hydrogens is 218 g/mol. The van der Waals surface area contributed by atoms with E-state index in [1.165, 1.54) is 6.33 Å². The predicted molar refractivity (Wildman–Crippen MR) is 62.8 cm³/mol. The highest BCUT2D eigenvalue weighted by Gasteiger charge is 2.03. The summed E-state index contributed by atoms with van der Waals surface area (Å²) >= 11 is 0. The molecule has 17 heavy (non-hydrogen) atoms. The van der Waals surface area contributed by atoms with Gasteiger partial charge in [-0.1, -0.05) is 11.6 Å². The van der Waals surface area contributed by atoms with Crippen LogP contribution in [0.4, 0.5) is 0 Å². The fraction of sp³-hybridized carbons (Fsp3) is 0.0833. The monoisotopic (exact) mass is 229 g/mol. The topological polar surface area (TPSA) is 68.0 Å². The lowest BCUT2D eigenvalue weighted by molar-refractivity contribution is -0.131. The molecule has 2 rings (SSSR count). The number of aliphatic carboxylic acids is 1. The largest absolute Gasteiger partial charge is 0.478 e. The average Bonchev–Trinajstić information content (AvgIpc) is 2.80. The van der Waals surface area contributed by atoms with Crippen molar-refractivity contribution in [2.75, 3.05) is 0 Å². The number of benzene rings is 1. The maximum absolute atomic E-state index is 10.5. The van der Waals surface area contributed by atoms with Crippen molar-refractivity contribution in [3.63, 3.8) is 0 Å². The highest BCUT2D eigenvalue weighted by atomic mass is 16.4. The third-order valence-electron chi connectivity index (χ3n) is 2.25. The quantitative estimate of drug-likeness (QED) is 0.813. The van der Waals surface area contributed by atoms with Gasteiger partial charge in [0.2, 0.25) is 0 Å². The van der Waals surface area contributed by atoms with Crippen molar-refractivity contribution >= 4 is 12.0 Å². The van der Waals surface area contributed by atoms with E-state index < -0.39 is 5.97 Å². The van der Waals surface area contributed by atoms with Crippen molar-refractivity contribution in [3.8, 4) is 5.69 Å². The Morgan fingerprint density at radius 1 is 1.47 bits per heavy atom. The molecule has 0 unspecified atom stereocenters. The molecule has 5 nitrogen and oxygen atoms in total. The van der Waals surface area contributed by atoms with E-state index in [1.54, 1.807) is 17.1 Å². The molecular formula is C12H11N3O2. The third kappa shape index (κ3) is 2.57. The molecule has 0 saturated carbocycles. The van der Waals surface area contributed by atoms with Gasteiger partial charge in [0.05, 0.1) is 5.69 Å². The number of carboxylic acid groups (broad SMARTS) is 1. The molecule has 2 aromatic rings. The second kappa shape index (κ2) is 4.61. The van der Waals surface area contributed by atoms with Gasteiger partial charge in [-0.05, 0) is 25.1 Å². The van der Waals surface area contributed by atoms with Crippen molar-refractivity contribution in [3.05, 3.63) is 48.1 Å². The summed E-state index contributed by atoms with van der Waals surface area (Å²) in [4.78, 5) is 14.4. The summed E-state index contributed by atoms with van der Waals surface area (Å²) in [5, 5.41) is 12.7. The van der Waals surface area contributed by atoms with Gasteiger partial charge in [-0.3, -0.25) is 0 Å². The molecule has 86 valence electrons. The van der Waals surface area contributed by atoms with E-state index in [0.29, 0.717) is 0 Å². The molecule has 5 heteroatoms. The number of carbonyl (C=O) groups is 1. The van der Waals surface area contributed by atoms with Crippen LogP contribution in [0.5, 0.6) is 0 Å². The number of hydrogen-bond donors (Lipinski definition) is 1. The zero-order chi connectivity index (χ0) is 12.3. The van der Waals surface area contributed by atoms with E-state index >= 15 is 0 Å². The Morgan fingerprint density at radius 2 is 2.29 bits per heavy atom. The van der Waals surface area contributed by atoms with Gasteiger partial charge in [-0.25, -0.2) is 14.5 Å². The molecule has 0 fully saturated rings. The number of rotatable bonds is 3. The first-order chi connectivity index (χ1) is 8.16. The summed E-state index contributed by atoms with van der Waals surface area (Å²) in [5.41, 5.74) is 2.64. The van der Waals surface area contributed by atoms with Gasteiger partial charge in [-0.2, -0.15) is 5.10 Å². The average molecular weight is 229 g/mol. The van der Waals surface area contributed by atoms with Gasteiger partial charge in [0.15, 0.2) is 0 Å². The minimum absolute atomic E-state index is 0.790. The molecule has 0 saturated heterocycles. The maximum atomic E-state index is 10.5. The van der Waals surface area contributed by atoms with E-state index in [4.69, 9.17) is 5.11 Å². The second-order valence-electron chi connectivity index (χ2n) is 3.57. The molecule has 0 aliphatic rings. The lowest BCUT2D eigenvalue weighted by atomic mass is 10.1. The van der Waals surface area contributed by atoms with Crippen LogP contribution in [0, 0.1) is 6.92 Å². The summed E-state index contributed by atoms with van der Waals surface area (Å²) < 4.78 is 1.60. The van der Waals surface area contributed by atoms with E-state index in [9.17, 15) is 4.79 Å². The summed E-state index contributed by atoms with van der Waals surface area (Å²) in [6.07, 6.45) is 5.66. The number of carboxylic acids is 1. The van der Waals surface area contributed by atoms with Crippen LogP contribution < -0.4 is 0 Å². The zero-order valence-corrected chi connectivity index (χ0v) is 9.24. The van der Waals surface area contributed by atoms with Crippen LogP contribution in [0.25, 0.3) is 11.8 Å². The first-order valence-electron chi connectivity index (χ1n) is 5.03. The predicted octanol–water partition coefficient (Wildman–Crippen LogP) is 1.67. The molecule has 0 radical (unpaired) electrons. The Morgan fingerprint density at radius 3 is 2.94 bits per heavy atom. The molecule has 0 bridgehead atoms. The van der Waals surface area contributed by atoms with Crippen molar-refractivity contribution in [2.24, 2.45) is 0 Å². The zero-order valence-electron chi connectivity index (χ0n) is 9.24. The van der Waals surface area contributed by atoms with Crippen molar-refractivity contribution < 1.29 is 9.90 Å².